The third kappa shape index (κ3) is 3.54. The molecule has 2 heterocycles. The molecular weight excluding hydrogens is 379 g/mol. The number of aromatic nitrogens is 1. The van der Waals surface area contributed by atoms with Gasteiger partial charge >= 0.3 is 5.97 Å². The highest BCUT2D eigenvalue weighted by Gasteiger charge is 2.24. The number of hydrogen-bond donors (Lipinski definition) is 1. The number of anilines is 1. The number of fused-ring (bicyclic) bond motifs is 1. The van der Waals surface area contributed by atoms with Crippen molar-refractivity contribution in [3.05, 3.63) is 57.9 Å². The van der Waals surface area contributed by atoms with Crippen LogP contribution in [-0.4, -0.2) is 23.0 Å². The molecule has 1 N–H and O–H groups in total. The summed E-state index contributed by atoms with van der Waals surface area (Å²) in [6, 6.07) is 7.85. The van der Waals surface area contributed by atoms with Gasteiger partial charge in [0.1, 0.15) is 10.7 Å². The summed E-state index contributed by atoms with van der Waals surface area (Å²) in [7, 11) is 0. The first-order valence-corrected chi connectivity index (χ1v) is 8.88. The number of aryl methyl sites for hydroxylation is 1. The first-order valence-electron chi connectivity index (χ1n) is 7.68. The Morgan fingerprint density at radius 1 is 1.31 bits per heavy atom. The number of ether oxygens (including phenoxy) is 1. The second-order valence-electron chi connectivity index (χ2n) is 5.55. The molecule has 134 valence electrons. The SMILES string of the molecule is Cc1c(C(=O)O[C@@H](C)C(=O)Nc2cccnc2Cl)sc2cccc(F)c12. The average Bonchev–Trinajstić information content (AvgIpc) is 2.95. The lowest BCUT2D eigenvalue weighted by molar-refractivity contribution is -0.123. The van der Waals surface area contributed by atoms with Crippen molar-refractivity contribution in [3.63, 3.8) is 0 Å². The van der Waals surface area contributed by atoms with Crippen molar-refractivity contribution < 1.29 is 18.7 Å². The number of esters is 1. The van der Waals surface area contributed by atoms with Gasteiger partial charge in [0.2, 0.25) is 0 Å². The molecule has 8 heteroatoms. The Bertz CT molecular complexity index is 1010. The second kappa shape index (κ2) is 7.39. The number of carbonyl (C=O) groups is 2. The van der Waals surface area contributed by atoms with Crippen LogP contribution in [0.15, 0.2) is 36.5 Å². The maximum Gasteiger partial charge on any atom is 0.349 e. The third-order valence-corrected chi connectivity index (χ3v) is 5.30. The number of pyridine rings is 1. The normalized spacial score (nSPS) is 12.0. The van der Waals surface area contributed by atoms with E-state index in [1.807, 2.05) is 0 Å². The summed E-state index contributed by atoms with van der Waals surface area (Å²) in [5.74, 6) is -1.62. The molecule has 0 saturated carbocycles. The van der Waals surface area contributed by atoms with Crippen LogP contribution in [0.25, 0.3) is 10.1 Å². The highest BCUT2D eigenvalue weighted by atomic mass is 35.5. The van der Waals surface area contributed by atoms with Gasteiger partial charge in [0.25, 0.3) is 5.91 Å². The number of thiophene rings is 1. The summed E-state index contributed by atoms with van der Waals surface area (Å²) in [4.78, 5) is 28.8. The molecule has 0 bridgehead atoms. The Labute approximate surface area is 157 Å². The molecule has 2 aromatic heterocycles. The molecule has 1 amide bonds. The highest BCUT2D eigenvalue weighted by molar-refractivity contribution is 7.21. The van der Waals surface area contributed by atoms with Gasteiger partial charge in [0.15, 0.2) is 11.3 Å². The molecule has 0 aliphatic heterocycles. The highest BCUT2D eigenvalue weighted by Crippen LogP contribution is 2.33. The molecule has 1 atom stereocenters. The first-order chi connectivity index (χ1) is 12.4. The van der Waals surface area contributed by atoms with Gasteiger partial charge in [-0.15, -0.1) is 11.3 Å². The van der Waals surface area contributed by atoms with E-state index in [-0.39, 0.29) is 10.0 Å². The summed E-state index contributed by atoms with van der Waals surface area (Å²) in [5.41, 5.74) is 0.818. The molecule has 26 heavy (non-hydrogen) atoms. The summed E-state index contributed by atoms with van der Waals surface area (Å²) in [6.07, 6.45) is 0.429. The third-order valence-electron chi connectivity index (χ3n) is 3.76. The first kappa shape index (κ1) is 18.3. The molecular formula is C18H14ClFN2O3S. The number of halogens is 2. The summed E-state index contributed by atoms with van der Waals surface area (Å²) >= 11 is 7.02. The van der Waals surface area contributed by atoms with Crippen molar-refractivity contribution in [2.45, 2.75) is 20.0 Å². The van der Waals surface area contributed by atoms with Gasteiger partial charge < -0.3 is 10.1 Å². The molecule has 0 aliphatic rings. The number of hydrogen-bond acceptors (Lipinski definition) is 5. The largest absolute Gasteiger partial charge is 0.448 e. The zero-order valence-corrected chi connectivity index (χ0v) is 15.5. The number of nitrogens with one attached hydrogen (secondary N) is 1. The van der Waals surface area contributed by atoms with E-state index >= 15 is 0 Å². The molecule has 0 spiro atoms. The maximum absolute atomic E-state index is 14.0. The predicted octanol–water partition coefficient (Wildman–Crippen LogP) is 4.58. The van der Waals surface area contributed by atoms with E-state index in [2.05, 4.69) is 10.3 Å². The molecule has 3 rings (SSSR count). The van der Waals surface area contributed by atoms with Gasteiger partial charge in [0.05, 0.1) is 5.69 Å². The summed E-state index contributed by atoms with van der Waals surface area (Å²) < 4.78 is 19.8. The number of nitrogens with zero attached hydrogens (tertiary/aromatic N) is 1. The zero-order valence-electron chi connectivity index (χ0n) is 13.9. The van der Waals surface area contributed by atoms with Crippen LogP contribution < -0.4 is 5.32 Å². The Kier molecular flexibility index (Phi) is 5.20. The van der Waals surface area contributed by atoms with Crippen LogP contribution in [0.3, 0.4) is 0 Å². The molecule has 0 saturated heterocycles. The van der Waals surface area contributed by atoms with Crippen molar-refractivity contribution in [1.82, 2.24) is 4.98 Å². The van der Waals surface area contributed by atoms with Crippen molar-refractivity contribution >= 4 is 50.6 Å². The molecule has 0 aliphatic carbocycles. The van der Waals surface area contributed by atoms with Gasteiger partial charge in [-0.2, -0.15) is 0 Å². The van der Waals surface area contributed by atoms with Crippen LogP contribution in [-0.2, 0) is 9.53 Å². The lowest BCUT2D eigenvalue weighted by Gasteiger charge is -2.13. The van der Waals surface area contributed by atoms with Crippen LogP contribution in [0, 0.1) is 12.7 Å². The second-order valence-corrected chi connectivity index (χ2v) is 6.96. The Morgan fingerprint density at radius 3 is 2.77 bits per heavy atom. The van der Waals surface area contributed by atoms with E-state index in [9.17, 15) is 14.0 Å². The van der Waals surface area contributed by atoms with E-state index in [0.717, 1.165) is 11.3 Å². The minimum Gasteiger partial charge on any atom is -0.448 e. The van der Waals surface area contributed by atoms with Gasteiger partial charge in [-0.1, -0.05) is 17.7 Å². The maximum atomic E-state index is 14.0. The summed E-state index contributed by atoms with van der Waals surface area (Å²) in [6.45, 7) is 3.10. The molecule has 0 unspecified atom stereocenters. The van der Waals surface area contributed by atoms with Crippen LogP contribution in [0.2, 0.25) is 5.15 Å². The molecule has 5 nitrogen and oxygen atoms in total. The number of rotatable bonds is 4. The van der Waals surface area contributed by atoms with Crippen molar-refractivity contribution in [3.8, 4) is 0 Å². The number of amides is 1. The number of benzene rings is 1. The molecule has 0 fully saturated rings. The predicted molar refractivity (Wildman–Crippen MR) is 99.3 cm³/mol. The van der Waals surface area contributed by atoms with Crippen LogP contribution in [0.5, 0.6) is 0 Å². The van der Waals surface area contributed by atoms with Crippen molar-refractivity contribution in [2.75, 3.05) is 5.32 Å². The van der Waals surface area contributed by atoms with Crippen LogP contribution >= 0.6 is 22.9 Å². The van der Waals surface area contributed by atoms with Gasteiger partial charge in [-0.05, 0) is 43.7 Å². The van der Waals surface area contributed by atoms with E-state index in [1.165, 1.54) is 19.2 Å². The monoisotopic (exact) mass is 392 g/mol. The van der Waals surface area contributed by atoms with Gasteiger partial charge in [-0.25, -0.2) is 14.2 Å². The summed E-state index contributed by atoms with van der Waals surface area (Å²) in [5, 5.41) is 3.08. The standard InChI is InChI=1S/C18H14ClFN2O3S/c1-9-14-11(20)5-3-7-13(14)26-15(9)18(24)25-10(2)17(23)22-12-6-4-8-21-16(12)19/h3-8,10H,1-2H3,(H,22,23)/t10-/m0/s1. The van der Waals surface area contributed by atoms with Crippen molar-refractivity contribution in [1.29, 1.82) is 0 Å². The smallest absolute Gasteiger partial charge is 0.349 e. The van der Waals surface area contributed by atoms with Crippen molar-refractivity contribution in [2.24, 2.45) is 0 Å². The van der Waals surface area contributed by atoms with Gasteiger partial charge in [0, 0.05) is 16.3 Å². The quantitative estimate of drug-likeness (QED) is 0.521. The van der Waals surface area contributed by atoms with E-state index in [0.29, 0.717) is 21.3 Å². The molecule has 0 radical (unpaired) electrons. The van der Waals surface area contributed by atoms with E-state index in [1.54, 1.807) is 31.2 Å². The Hall–Kier alpha value is -2.51. The average molecular weight is 393 g/mol. The minimum atomic E-state index is -1.06. The fourth-order valence-corrected chi connectivity index (χ4v) is 3.70. The van der Waals surface area contributed by atoms with Crippen LogP contribution in [0.4, 0.5) is 10.1 Å². The minimum absolute atomic E-state index is 0.134. The number of carbonyl (C=O) groups excluding carboxylic acids is 2. The Balaban J connectivity index is 1.75. The lowest BCUT2D eigenvalue weighted by Crippen LogP contribution is -2.30. The Morgan fingerprint density at radius 2 is 2.08 bits per heavy atom. The molecule has 3 aromatic rings. The lowest BCUT2D eigenvalue weighted by atomic mass is 10.1. The fraction of sp³-hybridized carbons (Fsp3) is 0.167. The molecule has 1 aromatic carbocycles. The van der Waals surface area contributed by atoms with Crippen LogP contribution in [0.1, 0.15) is 22.2 Å². The van der Waals surface area contributed by atoms with E-state index < -0.39 is 23.8 Å². The van der Waals surface area contributed by atoms with E-state index in [4.69, 9.17) is 16.3 Å². The zero-order chi connectivity index (χ0) is 18.8. The van der Waals surface area contributed by atoms with Gasteiger partial charge in [-0.3, -0.25) is 4.79 Å². The fourth-order valence-electron chi connectivity index (χ4n) is 2.43. The topological polar surface area (TPSA) is 68.3 Å².